The molecule has 0 bridgehead atoms. The molecule has 0 unspecified atom stereocenters. The summed E-state index contributed by atoms with van der Waals surface area (Å²) in [5.74, 6) is 0.951. The van der Waals surface area contributed by atoms with Crippen LogP contribution in [0.2, 0.25) is 0 Å². The average Bonchev–Trinajstić information content (AvgIpc) is 3.13. The molecule has 0 spiro atoms. The van der Waals surface area contributed by atoms with Crippen molar-refractivity contribution < 1.29 is 19.2 Å². The van der Waals surface area contributed by atoms with Gasteiger partial charge in [0, 0.05) is 10.6 Å². The lowest BCUT2D eigenvalue weighted by atomic mass is 10.1. The third-order valence-electron chi connectivity index (χ3n) is 4.47. The first kappa shape index (κ1) is 22.3. The maximum absolute atomic E-state index is 11.7. The Morgan fingerprint density at radius 2 is 1.84 bits per heavy atom. The van der Waals surface area contributed by atoms with Crippen molar-refractivity contribution in [3.8, 4) is 11.4 Å². The van der Waals surface area contributed by atoms with E-state index >= 15 is 0 Å². The number of aromatic nitrogens is 3. The lowest BCUT2D eigenvalue weighted by molar-refractivity contribution is -0.479. The van der Waals surface area contributed by atoms with E-state index in [2.05, 4.69) is 10.2 Å². The fourth-order valence-electron chi connectivity index (χ4n) is 3.00. The number of nitrogens with zero attached hydrogens (tertiary/aromatic N) is 4. The number of carbonyl (C=O) groups is 1. The second kappa shape index (κ2) is 10.1. The van der Waals surface area contributed by atoms with Crippen molar-refractivity contribution >= 4 is 17.7 Å². The van der Waals surface area contributed by atoms with Crippen molar-refractivity contribution in [1.29, 1.82) is 0 Å². The summed E-state index contributed by atoms with van der Waals surface area (Å²) in [4.78, 5) is 22.6. The Morgan fingerprint density at radius 3 is 2.42 bits per heavy atom. The normalized spacial score (nSPS) is 11.7. The summed E-state index contributed by atoms with van der Waals surface area (Å²) < 4.78 is 12.0. The minimum atomic E-state index is -0.522. The van der Waals surface area contributed by atoms with Crippen LogP contribution in [-0.4, -0.2) is 45.9 Å². The highest BCUT2D eigenvalue weighted by Crippen LogP contribution is 2.36. The molecule has 1 atom stereocenters. The van der Waals surface area contributed by atoms with Gasteiger partial charge in [-0.1, -0.05) is 23.9 Å². The number of carbonyl (C=O) groups excluding carboxylic acids is 1. The maximum Gasteiger partial charge on any atom is 0.337 e. The van der Waals surface area contributed by atoms with Crippen LogP contribution in [0.4, 0.5) is 0 Å². The van der Waals surface area contributed by atoms with E-state index in [0.717, 1.165) is 11.4 Å². The molecule has 0 aliphatic carbocycles. The first-order valence-electron chi connectivity index (χ1n) is 9.55. The Labute approximate surface area is 183 Å². The summed E-state index contributed by atoms with van der Waals surface area (Å²) in [7, 11) is 1.30. The Balaban J connectivity index is 1.90. The van der Waals surface area contributed by atoms with E-state index in [4.69, 9.17) is 9.47 Å². The Bertz CT molecular complexity index is 1050. The fraction of sp³-hybridized carbons (Fsp3) is 0.286. The second-order valence-corrected chi connectivity index (χ2v) is 7.70. The predicted octanol–water partition coefficient (Wildman–Crippen LogP) is 3.87. The number of rotatable bonds is 9. The second-order valence-electron chi connectivity index (χ2n) is 6.53. The van der Waals surface area contributed by atoms with Crippen LogP contribution in [0.1, 0.15) is 33.9 Å². The third kappa shape index (κ3) is 5.40. The molecule has 3 rings (SSSR count). The van der Waals surface area contributed by atoms with Gasteiger partial charge in [-0.15, -0.1) is 10.2 Å². The fourth-order valence-corrected chi connectivity index (χ4v) is 4.17. The topological polar surface area (TPSA) is 109 Å². The Kier molecular flexibility index (Phi) is 7.24. The zero-order valence-electron chi connectivity index (χ0n) is 17.3. The molecule has 0 N–H and O–H groups in total. The van der Waals surface area contributed by atoms with Crippen molar-refractivity contribution in [1.82, 2.24) is 14.8 Å². The van der Waals surface area contributed by atoms with Gasteiger partial charge < -0.3 is 9.47 Å². The maximum atomic E-state index is 11.7. The lowest BCUT2D eigenvalue weighted by Gasteiger charge is -2.15. The van der Waals surface area contributed by atoms with E-state index in [0.29, 0.717) is 28.7 Å². The number of aryl methyl sites for hydroxylation is 1. The molecule has 1 aromatic heterocycles. The summed E-state index contributed by atoms with van der Waals surface area (Å²) in [6, 6.07) is 14.1. The molecule has 3 aromatic rings. The molecule has 0 radical (unpaired) electrons. The lowest BCUT2D eigenvalue weighted by Crippen LogP contribution is -2.11. The summed E-state index contributed by atoms with van der Waals surface area (Å²) in [6.07, 6.45) is 0. The van der Waals surface area contributed by atoms with Gasteiger partial charge in [-0.05, 0) is 55.8 Å². The van der Waals surface area contributed by atoms with Crippen LogP contribution in [0.5, 0.6) is 5.75 Å². The van der Waals surface area contributed by atoms with Crippen LogP contribution >= 0.6 is 11.8 Å². The minimum Gasteiger partial charge on any atom is -0.494 e. The zero-order valence-corrected chi connectivity index (χ0v) is 18.2. The van der Waals surface area contributed by atoms with Gasteiger partial charge in [0.15, 0.2) is 5.16 Å². The molecule has 0 aliphatic rings. The molecule has 9 nitrogen and oxygen atoms in total. The van der Waals surface area contributed by atoms with E-state index < -0.39 is 11.2 Å². The predicted molar refractivity (Wildman–Crippen MR) is 116 cm³/mol. The monoisotopic (exact) mass is 442 g/mol. The number of hydrogen-bond acceptors (Lipinski definition) is 8. The van der Waals surface area contributed by atoms with Gasteiger partial charge in [-0.25, -0.2) is 4.79 Å². The molecule has 2 aromatic carbocycles. The van der Waals surface area contributed by atoms with Gasteiger partial charge in [0.1, 0.15) is 16.8 Å². The van der Waals surface area contributed by atoms with Gasteiger partial charge in [0.05, 0.1) is 19.3 Å². The smallest absolute Gasteiger partial charge is 0.337 e. The zero-order chi connectivity index (χ0) is 22.4. The van der Waals surface area contributed by atoms with E-state index in [1.807, 2.05) is 42.7 Å². The molecule has 0 amide bonds. The molecule has 0 saturated heterocycles. The standard InChI is InChI=1S/C21H22N4O5S/c1-4-30-18-11-9-17(10-12-18)25-14(2)22-23-21(25)31-19(13-24(27)28)15-5-7-16(8-6-15)20(26)29-3/h5-12,19H,4,13H2,1-3H3/t19-/m1/s1. The minimum absolute atomic E-state index is 0.308. The van der Waals surface area contributed by atoms with E-state index in [1.165, 1.54) is 18.9 Å². The molecule has 31 heavy (non-hydrogen) atoms. The molecule has 0 saturated carbocycles. The van der Waals surface area contributed by atoms with Crippen LogP contribution in [0, 0.1) is 17.0 Å². The molecule has 10 heteroatoms. The molecular formula is C21H22N4O5S. The summed E-state index contributed by atoms with van der Waals surface area (Å²) in [5, 5.41) is 19.7. The van der Waals surface area contributed by atoms with Crippen molar-refractivity contribution in [2.24, 2.45) is 0 Å². The van der Waals surface area contributed by atoms with Crippen LogP contribution in [0.3, 0.4) is 0 Å². The van der Waals surface area contributed by atoms with E-state index in [9.17, 15) is 14.9 Å². The molecule has 1 heterocycles. The molecule has 162 valence electrons. The van der Waals surface area contributed by atoms with Crippen molar-refractivity contribution in [2.75, 3.05) is 20.3 Å². The van der Waals surface area contributed by atoms with Crippen LogP contribution in [0.15, 0.2) is 53.7 Å². The number of nitro groups is 1. The highest BCUT2D eigenvalue weighted by Gasteiger charge is 2.24. The first-order chi connectivity index (χ1) is 14.9. The van der Waals surface area contributed by atoms with Crippen molar-refractivity contribution in [2.45, 2.75) is 24.3 Å². The van der Waals surface area contributed by atoms with Gasteiger partial charge in [-0.2, -0.15) is 0 Å². The van der Waals surface area contributed by atoms with Crippen LogP contribution < -0.4 is 4.74 Å². The molecule has 0 aliphatic heterocycles. The van der Waals surface area contributed by atoms with Crippen LogP contribution in [-0.2, 0) is 4.74 Å². The third-order valence-corrected chi connectivity index (χ3v) is 5.65. The number of thioether (sulfide) groups is 1. The SMILES string of the molecule is CCOc1ccc(-n2c(C)nnc2S[C@H](C[N+](=O)[O-])c2ccc(C(=O)OC)cc2)cc1. The Hall–Kier alpha value is -3.40. The number of hydrogen-bond donors (Lipinski definition) is 0. The van der Waals surface area contributed by atoms with Gasteiger partial charge >= 0.3 is 5.97 Å². The quantitative estimate of drug-likeness (QED) is 0.213. The number of ether oxygens (including phenoxy) is 2. The summed E-state index contributed by atoms with van der Waals surface area (Å²) in [5.41, 5.74) is 1.91. The number of methoxy groups -OCH3 is 1. The van der Waals surface area contributed by atoms with Crippen molar-refractivity contribution in [3.63, 3.8) is 0 Å². The highest BCUT2D eigenvalue weighted by molar-refractivity contribution is 7.99. The highest BCUT2D eigenvalue weighted by atomic mass is 32.2. The molecular weight excluding hydrogens is 420 g/mol. The van der Waals surface area contributed by atoms with E-state index in [-0.39, 0.29) is 11.5 Å². The van der Waals surface area contributed by atoms with Gasteiger partial charge in [-0.3, -0.25) is 14.7 Å². The number of esters is 1. The van der Waals surface area contributed by atoms with Crippen molar-refractivity contribution in [3.05, 3.63) is 75.6 Å². The van der Waals surface area contributed by atoms with Gasteiger partial charge in [0.2, 0.25) is 6.54 Å². The Morgan fingerprint density at radius 1 is 1.16 bits per heavy atom. The van der Waals surface area contributed by atoms with Gasteiger partial charge in [0.25, 0.3) is 0 Å². The number of benzene rings is 2. The largest absolute Gasteiger partial charge is 0.494 e. The molecule has 0 fully saturated rings. The summed E-state index contributed by atoms with van der Waals surface area (Å²) >= 11 is 1.25. The van der Waals surface area contributed by atoms with Crippen LogP contribution in [0.25, 0.3) is 5.69 Å². The average molecular weight is 442 g/mol. The van der Waals surface area contributed by atoms with E-state index in [1.54, 1.807) is 24.3 Å². The first-order valence-corrected chi connectivity index (χ1v) is 10.4. The summed E-state index contributed by atoms with van der Waals surface area (Å²) in [6.45, 7) is 4.00.